The van der Waals surface area contributed by atoms with Gasteiger partial charge in [0.25, 0.3) is 0 Å². The summed E-state index contributed by atoms with van der Waals surface area (Å²) in [7, 11) is 0. The van der Waals surface area contributed by atoms with Gasteiger partial charge in [0.2, 0.25) is 5.91 Å². The van der Waals surface area contributed by atoms with E-state index in [1.165, 1.54) is 11.8 Å². The Morgan fingerprint density at radius 1 is 1.29 bits per heavy atom. The van der Waals surface area contributed by atoms with Crippen LogP contribution >= 0.6 is 11.8 Å². The SMILES string of the molecule is Cc1cccc(-n2c(SCC(=O)N[C@@](C)(C#N)C(C)C)nc3ccccc32)c1. The van der Waals surface area contributed by atoms with Crippen molar-refractivity contribution in [2.24, 2.45) is 5.92 Å². The highest BCUT2D eigenvalue weighted by molar-refractivity contribution is 7.99. The summed E-state index contributed by atoms with van der Waals surface area (Å²) < 4.78 is 2.08. The molecule has 3 aromatic rings. The second-order valence-electron chi connectivity index (χ2n) is 7.36. The molecule has 1 N–H and O–H groups in total. The standard InChI is InChI=1S/C22H24N4OS/c1-15(2)22(4,14-23)25-20(27)13-28-21-24-18-10-5-6-11-19(18)26(21)17-9-7-8-16(3)12-17/h5-12,15H,13H2,1-4H3,(H,25,27)/t22-/m0/s1. The van der Waals surface area contributed by atoms with Crippen molar-refractivity contribution in [2.75, 3.05) is 5.75 Å². The van der Waals surface area contributed by atoms with Crippen LogP contribution < -0.4 is 5.32 Å². The number of aromatic nitrogens is 2. The first-order valence-corrected chi connectivity index (χ1v) is 10.2. The lowest BCUT2D eigenvalue weighted by atomic mass is 9.90. The summed E-state index contributed by atoms with van der Waals surface area (Å²) in [6.45, 7) is 7.65. The third-order valence-electron chi connectivity index (χ3n) is 4.91. The van der Waals surface area contributed by atoms with Gasteiger partial charge in [-0.15, -0.1) is 0 Å². The smallest absolute Gasteiger partial charge is 0.231 e. The van der Waals surface area contributed by atoms with E-state index in [9.17, 15) is 10.1 Å². The molecule has 0 unspecified atom stereocenters. The summed E-state index contributed by atoms with van der Waals surface area (Å²) in [6.07, 6.45) is 0. The highest BCUT2D eigenvalue weighted by Crippen LogP contribution is 2.28. The molecule has 1 amide bonds. The molecule has 0 fully saturated rings. The number of benzene rings is 2. The molecule has 1 aromatic heterocycles. The fraction of sp³-hybridized carbons (Fsp3) is 0.318. The van der Waals surface area contributed by atoms with Gasteiger partial charge in [0.05, 0.1) is 22.9 Å². The van der Waals surface area contributed by atoms with Gasteiger partial charge in [-0.1, -0.05) is 49.9 Å². The number of fused-ring (bicyclic) bond motifs is 1. The van der Waals surface area contributed by atoms with Crippen LogP contribution in [0.4, 0.5) is 0 Å². The van der Waals surface area contributed by atoms with Crippen LogP contribution in [0.1, 0.15) is 26.3 Å². The number of nitriles is 1. The molecule has 0 aliphatic carbocycles. The molecule has 1 atom stereocenters. The van der Waals surface area contributed by atoms with Gasteiger partial charge in [0.1, 0.15) is 5.54 Å². The summed E-state index contributed by atoms with van der Waals surface area (Å²) in [5.74, 6) is 0.0352. The Hall–Kier alpha value is -2.78. The van der Waals surface area contributed by atoms with Crippen molar-refractivity contribution in [2.45, 2.75) is 38.4 Å². The van der Waals surface area contributed by atoms with Crippen molar-refractivity contribution < 1.29 is 4.79 Å². The minimum atomic E-state index is -0.881. The Morgan fingerprint density at radius 3 is 2.71 bits per heavy atom. The first-order chi connectivity index (χ1) is 13.3. The molecule has 0 bridgehead atoms. The zero-order valence-corrected chi connectivity index (χ0v) is 17.4. The third-order valence-corrected chi connectivity index (χ3v) is 5.85. The maximum atomic E-state index is 12.5. The van der Waals surface area contributed by atoms with Gasteiger partial charge >= 0.3 is 0 Å². The molecule has 0 saturated heterocycles. The lowest BCUT2D eigenvalue weighted by Crippen LogP contribution is -2.49. The van der Waals surface area contributed by atoms with E-state index < -0.39 is 5.54 Å². The number of nitrogens with one attached hydrogen (secondary N) is 1. The minimum Gasteiger partial charge on any atom is -0.337 e. The zero-order chi connectivity index (χ0) is 20.3. The lowest BCUT2D eigenvalue weighted by Gasteiger charge is -2.27. The molecule has 6 heteroatoms. The van der Waals surface area contributed by atoms with Crippen molar-refractivity contribution in [3.8, 4) is 11.8 Å². The second-order valence-corrected chi connectivity index (χ2v) is 8.31. The van der Waals surface area contributed by atoms with Crippen molar-refractivity contribution in [1.29, 1.82) is 5.26 Å². The predicted molar refractivity (Wildman–Crippen MR) is 114 cm³/mol. The fourth-order valence-electron chi connectivity index (χ4n) is 2.87. The molecular formula is C22H24N4OS. The summed E-state index contributed by atoms with van der Waals surface area (Å²) in [5, 5.41) is 13.0. The molecule has 0 radical (unpaired) electrons. The number of nitrogens with zero attached hydrogens (tertiary/aromatic N) is 3. The molecule has 0 aliphatic rings. The molecular weight excluding hydrogens is 368 g/mol. The van der Waals surface area contributed by atoms with Crippen LogP contribution in [0.3, 0.4) is 0 Å². The van der Waals surface area contributed by atoms with Gasteiger partial charge in [-0.05, 0) is 49.6 Å². The van der Waals surface area contributed by atoms with Crippen LogP contribution in [-0.4, -0.2) is 26.8 Å². The number of aryl methyl sites for hydroxylation is 1. The topological polar surface area (TPSA) is 70.7 Å². The summed E-state index contributed by atoms with van der Waals surface area (Å²) >= 11 is 1.37. The minimum absolute atomic E-state index is 0.0170. The van der Waals surface area contributed by atoms with E-state index in [-0.39, 0.29) is 17.6 Å². The summed E-state index contributed by atoms with van der Waals surface area (Å²) in [6, 6.07) is 18.4. The van der Waals surface area contributed by atoms with E-state index in [4.69, 9.17) is 4.98 Å². The second kappa shape index (κ2) is 8.07. The van der Waals surface area contributed by atoms with Gasteiger partial charge in [0.15, 0.2) is 5.16 Å². The van der Waals surface area contributed by atoms with E-state index in [1.807, 2.05) is 50.2 Å². The van der Waals surface area contributed by atoms with Crippen LogP contribution in [0.15, 0.2) is 53.7 Å². The number of carbonyl (C=O) groups is 1. The van der Waals surface area contributed by atoms with Gasteiger partial charge < -0.3 is 5.32 Å². The molecule has 2 aromatic carbocycles. The van der Waals surface area contributed by atoms with Gasteiger partial charge in [-0.3, -0.25) is 9.36 Å². The Morgan fingerprint density at radius 2 is 2.04 bits per heavy atom. The van der Waals surface area contributed by atoms with Crippen LogP contribution in [-0.2, 0) is 4.79 Å². The first-order valence-electron chi connectivity index (χ1n) is 9.23. The Labute approximate surface area is 169 Å². The maximum absolute atomic E-state index is 12.5. The molecule has 1 heterocycles. The van der Waals surface area contributed by atoms with Crippen molar-refractivity contribution in [3.05, 3.63) is 54.1 Å². The van der Waals surface area contributed by atoms with Crippen LogP contribution in [0, 0.1) is 24.2 Å². The van der Waals surface area contributed by atoms with E-state index in [1.54, 1.807) is 6.92 Å². The number of carbonyl (C=O) groups excluding carboxylic acids is 1. The number of thioether (sulfide) groups is 1. The average molecular weight is 393 g/mol. The summed E-state index contributed by atoms with van der Waals surface area (Å²) in [4.78, 5) is 17.2. The molecule has 28 heavy (non-hydrogen) atoms. The molecule has 3 rings (SSSR count). The van der Waals surface area contributed by atoms with Crippen molar-refractivity contribution in [3.63, 3.8) is 0 Å². The third kappa shape index (κ3) is 4.05. The molecule has 0 aliphatic heterocycles. The van der Waals surface area contributed by atoms with Crippen LogP contribution in [0.25, 0.3) is 16.7 Å². The van der Waals surface area contributed by atoms with Crippen LogP contribution in [0.5, 0.6) is 0 Å². The zero-order valence-electron chi connectivity index (χ0n) is 16.6. The Kier molecular flexibility index (Phi) is 5.76. The molecule has 0 spiro atoms. The number of rotatable bonds is 6. The molecule has 0 saturated carbocycles. The lowest BCUT2D eigenvalue weighted by molar-refractivity contribution is -0.120. The number of imidazole rings is 1. The first kappa shape index (κ1) is 20.0. The summed E-state index contributed by atoms with van der Waals surface area (Å²) in [5.41, 5.74) is 3.18. The van der Waals surface area contributed by atoms with Crippen LogP contribution in [0.2, 0.25) is 0 Å². The fourth-order valence-corrected chi connectivity index (χ4v) is 3.70. The predicted octanol–water partition coefficient (Wildman–Crippen LogP) is 4.48. The van der Waals surface area contributed by atoms with Gasteiger partial charge in [-0.25, -0.2) is 4.98 Å². The van der Waals surface area contributed by atoms with E-state index >= 15 is 0 Å². The van der Waals surface area contributed by atoms with E-state index in [2.05, 4.69) is 35.0 Å². The van der Waals surface area contributed by atoms with Crippen molar-refractivity contribution in [1.82, 2.24) is 14.9 Å². The van der Waals surface area contributed by atoms with E-state index in [0.717, 1.165) is 27.4 Å². The molecule has 5 nitrogen and oxygen atoms in total. The highest BCUT2D eigenvalue weighted by Gasteiger charge is 2.30. The van der Waals surface area contributed by atoms with Gasteiger partial charge in [0, 0.05) is 5.69 Å². The van der Waals surface area contributed by atoms with E-state index in [0.29, 0.717) is 0 Å². The Balaban J connectivity index is 1.89. The monoisotopic (exact) mass is 392 g/mol. The number of hydrogen-bond donors (Lipinski definition) is 1. The highest BCUT2D eigenvalue weighted by atomic mass is 32.2. The van der Waals surface area contributed by atoms with Gasteiger partial charge in [-0.2, -0.15) is 5.26 Å². The average Bonchev–Trinajstić information content (AvgIpc) is 3.04. The number of amides is 1. The molecule has 144 valence electrons. The number of hydrogen-bond acceptors (Lipinski definition) is 4. The number of para-hydroxylation sites is 2. The quantitative estimate of drug-likeness (QED) is 0.628. The Bertz CT molecular complexity index is 1050. The largest absolute Gasteiger partial charge is 0.337 e. The normalized spacial score (nSPS) is 13.3. The maximum Gasteiger partial charge on any atom is 0.231 e. The van der Waals surface area contributed by atoms with Crippen molar-refractivity contribution >= 4 is 28.7 Å².